The SMILES string of the molecule is COC(C(=O)N1CC[C@@H]2CC[C@H](Oc3cnc(C4CC4)cn3)N2C1)(c1ccccc1)C(F)(F)F. The Kier molecular flexibility index (Phi) is 5.97. The minimum absolute atomic E-state index is 0.0236. The summed E-state index contributed by atoms with van der Waals surface area (Å²) in [6, 6.07) is 7.21. The maximum absolute atomic E-state index is 14.4. The van der Waals surface area contributed by atoms with E-state index in [-0.39, 0.29) is 31.0 Å². The van der Waals surface area contributed by atoms with Crippen LogP contribution in [0.4, 0.5) is 13.2 Å². The van der Waals surface area contributed by atoms with Gasteiger partial charge in [-0.2, -0.15) is 13.2 Å². The summed E-state index contributed by atoms with van der Waals surface area (Å²) in [6.45, 7) is 0.242. The number of fused-ring (bicyclic) bond motifs is 1. The number of carbonyl (C=O) groups is 1. The highest BCUT2D eigenvalue weighted by Gasteiger charge is 2.64. The minimum atomic E-state index is -4.93. The first-order chi connectivity index (χ1) is 16.3. The van der Waals surface area contributed by atoms with E-state index in [4.69, 9.17) is 9.47 Å². The number of ether oxygens (including phenoxy) is 2. The van der Waals surface area contributed by atoms with Gasteiger partial charge in [0.1, 0.15) is 0 Å². The number of hydrogen-bond donors (Lipinski definition) is 0. The molecule has 3 aliphatic rings. The summed E-state index contributed by atoms with van der Waals surface area (Å²) in [5, 5.41) is 0. The van der Waals surface area contributed by atoms with Crippen LogP contribution in [0.1, 0.15) is 49.3 Å². The van der Waals surface area contributed by atoms with Gasteiger partial charge in [-0.3, -0.25) is 9.78 Å². The molecule has 1 aliphatic carbocycles. The van der Waals surface area contributed by atoms with Crippen molar-refractivity contribution in [2.75, 3.05) is 20.3 Å². The third kappa shape index (κ3) is 4.02. The molecule has 1 aromatic carbocycles. The molecule has 182 valence electrons. The Balaban J connectivity index is 1.35. The van der Waals surface area contributed by atoms with Gasteiger partial charge in [-0.05, 0) is 32.1 Å². The third-order valence-corrected chi connectivity index (χ3v) is 7.03. The van der Waals surface area contributed by atoms with Crippen molar-refractivity contribution in [2.24, 2.45) is 0 Å². The Morgan fingerprint density at radius 1 is 1.03 bits per heavy atom. The van der Waals surface area contributed by atoms with Crippen LogP contribution in [0.5, 0.6) is 5.88 Å². The van der Waals surface area contributed by atoms with Gasteiger partial charge in [0, 0.05) is 31.2 Å². The van der Waals surface area contributed by atoms with Gasteiger partial charge >= 0.3 is 6.18 Å². The molecule has 2 aromatic rings. The fraction of sp³-hybridized carbons (Fsp3) is 0.542. The second-order valence-corrected chi connectivity index (χ2v) is 9.12. The Morgan fingerprint density at radius 2 is 1.79 bits per heavy atom. The van der Waals surface area contributed by atoms with Gasteiger partial charge in [-0.1, -0.05) is 30.3 Å². The first-order valence-electron chi connectivity index (χ1n) is 11.5. The van der Waals surface area contributed by atoms with Crippen LogP contribution in [0.2, 0.25) is 0 Å². The summed E-state index contributed by atoms with van der Waals surface area (Å²) < 4.78 is 54.1. The third-order valence-electron chi connectivity index (χ3n) is 7.03. The van der Waals surface area contributed by atoms with E-state index in [0.717, 1.165) is 32.1 Å². The van der Waals surface area contributed by atoms with Crippen LogP contribution in [0.15, 0.2) is 42.7 Å². The quantitative estimate of drug-likeness (QED) is 0.632. The number of rotatable bonds is 6. The molecule has 2 saturated heterocycles. The molecule has 34 heavy (non-hydrogen) atoms. The van der Waals surface area contributed by atoms with E-state index in [1.165, 1.54) is 29.2 Å². The first kappa shape index (κ1) is 23.0. The molecular weight excluding hydrogens is 449 g/mol. The van der Waals surface area contributed by atoms with Crippen LogP contribution in [0, 0.1) is 0 Å². The Hall–Kier alpha value is -2.72. The van der Waals surface area contributed by atoms with Crippen LogP contribution in [-0.4, -0.2) is 64.4 Å². The Bertz CT molecular complexity index is 1020. The van der Waals surface area contributed by atoms with Crippen molar-refractivity contribution in [1.29, 1.82) is 0 Å². The predicted molar refractivity (Wildman–Crippen MR) is 116 cm³/mol. The highest BCUT2D eigenvalue weighted by atomic mass is 19.4. The molecule has 5 rings (SSSR count). The van der Waals surface area contributed by atoms with Gasteiger partial charge in [-0.25, -0.2) is 9.88 Å². The summed E-state index contributed by atoms with van der Waals surface area (Å²) in [5.41, 5.74) is -2.35. The zero-order valence-corrected chi connectivity index (χ0v) is 18.9. The number of halogens is 3. The lowest BCUT2D eigenvalue weighted by molar-refractivity contribution is -0.272. The maximum Gasteiger partial charge on any atom is 0.430 e. The lowest BCUT2D eigenvalue weighted by Gasteiger charge is -2.44. The number of alkyl halides is 3. The fourth-order valence-corrected chi connectivity index (χ4v) is 5.02. The standard InChI is InChI=1S/C24H27F3N4O3/c1-33-23(24(25,26)27,17-5-3-2-4-6-17)22(32)30-12-11-18-9-10-21(31(18)15-30)34-20-14-28-19(13-29-20)16-7-8-16/h2-6,13-14,16,18,21H,7-12,15H2,1H3/t18-,21-,23?/m0/s1. The van der Waals surface area contributed by atoms with Crippen LogP contribution in [-0.2, 0) is 15.1 Å². The van der Waals surface area contributed by atoms with E-state index in [1.807, 2.05) is 4.90 Å². The largest absolute Gasteiger partial charge is 0.457 e. The number of amides is 1. The topological polar surface area (TPSA) is 67.8 Å². The van der Waals surface area contributed by atoms with Crippen molar-refractivity contribution >= 4 is 5.91 Å². The maximum atomic E-state index is 14.4. The van der Waals surface area contributed by atoms with Gasteiger partial charge in [-0.15, -0.1) is 0 Å². The molecule has 1 amide bonds. The molecule has 1 saturated carbocycles. The molecule has 0 bridgehead atoms. The van der Waals surface area contributed by atoms with Gasteiger partial charge < -0.3 is 14.4 Å². The monoisotopic (exact) mass is 476 g/mol. The minimum Gasteiger partial charge on any atom is -0.457 e. The van der Waals surface area contributed by atoms with Crippen molar-refractivity contribution in [3.8, 4) is 5.88 Å². The van der Waals surface area contributed by atoms with Crippen molar-refractivity contribution in [1.82, 2.24) is 19.8 Å². The smallest absolute Gasteiger partial charge is 0.430 e. The van der Waals surface area contributed by atoms with E-state index < -0.39 is 17.7 Å². The average Bonchev–Trinajstić information content (AvgIpc) is 3.61. The van der Waals surface area contributed by atoms with E-state index in [9.17, 15) is 18.0 Å². The van der Waals surface area contributed by atoms with Crippen LogP contribution in [0.25, 0.3) is 0 Å². The van der Waals surface area contributed by atoms with Crippen molar-refractivity contribution in [3.63, 3.8) is 0 Å². The number of benzene rings is 1. The lowest BCUT2D eigenvalue weighted by atomic mass is 9.90. The number of nitrogens with zero attached hydrogens (tertiary/aromatic N) is 4. The summed E-state index contributed by atoms with van der Waals surface area (Å²) in [7, 11) is 0.927. The molecule has 0 N–H and O–H groups in total. The fourth-order valence-electron chi connectivity index (χ4n) is 5.02. The molecule has 3 atom stereocenters. The molecule has 0 spiro atoms. The number of methoxy groups -OCH3 is 1. The molecule has 3 fully saturated rings. The van der Waals surface area contributed by atoms with E-state index in [1.54, 1.807) is 18.5 Å². The number of aromatic nitrogens is 2. The first-order valence-corrected chi connectivity index (χ1v) is 11.5. The highest BCUT2D eigenvalue weighted by Crippen LogP contribution is 2.44. The number of carbonyl (C=O) groups excluding carboxylic acids is 1. The van der Waals surface area contributed by atoms with E-state index in [2.05, 4.69) is 9.97 Å². The molecule has 3 heterocycles. The van der Waals surface area contributed by atoms with Gasteiger partial charge in [0.25, 0.3) is 11.5 Å². The Morgan fingerprint density at radius 3 is 2.41 bits per heavy atom. The average molecular weight is 476 g/mol. The molecule has 2 aliphatic heterocycles. The zero-order chi connectivity index (χ0) is 23.9. The highest BCUT2D eigenvalue weighted by molar-refractivity contribution is 5.88. The van der Waals surface area contributed by atoms with E-state index in [0.29, 0.717) is 24.6 Å². The van der Waals surface area contributed by atoms with Crippen LogP contribution < -0.4 is 4.74 Å². The Labute approximate surface area is 195 Å². The van der Waals surface area contributed by atoms with Gasteiger partial charge in [0.15, 0.2) is 6.23 Å². The number of hydrogen-bond acceptors (Lipinski definition) is 6. The van der Waals surface area contributed by atoms with Crippen molar-refractivity contribution in [3.05, 3.63) is 54.0 Å². The summed E-state index contributed by atoms with van der Waals surface area (Å²) in [5.74, 6) is -0.255. The van der Waals surface area contributed by atoms with Crippen molar-refractivity contribution in [2.45, 2.75) is 62.1 Å². The molecular formula is C24H27F3N4O3. The second kappa shape index (κ2) is 8.81. The summed E-state index contributed by atoms with van der Waals surface area (Å²) >= 11 is 0. The molecule has 0 radical (unpaired) electrons. The van der Waals surface area contributed by atoms with Crippen molar-refractivity contribution < 1.29 is 27.4 Å². The molecule has 7 nitrogen and oxygen atoms in total. The van der Waals surface area contributed by atoms with Crippen LogP contribution >= 0.6 is 0 Å². The predicted octanol–water partition coefficient (Wildman–Crippen LogP) is 3.82. The molecule has 1 aromatic heterocycles. The summed E-state index contributed by atoms with van der Waals surface area (Å²) in [4.78, 5) is 25.4. The normalized spacial score (nSPS) is 25.0. The van der Waals surface area contributed by atoms with E-state index >= 15 is 0 Å². The summed E-state index contributed by atoms with van der Waals surface area (Å²) in [6.07, 6.45) is 2.36. The van der Waals surface area contributed by atoms with Gasteiger partial charge in [0.2, 0.25) is 5.88 Å². The molecule has 10 heteroatoms. The second-order valence-electron chi connectivity index (χ2n) is 9.12. The molecule has 1 unspecified atom stereocenters. The zero-order valence-electron chi connectivity index (χ0n) is 18.9. The van der Waals surface area contributed by atoms with Gasteiger partial charge in [0.05, 0.1) is 24.8 Å². The lowest BCUT2D eigenvalue weighted by Crippen LogP contribution is -2.62. The van der Waals surface area contributed by atoms with Crippen LogP contribution in [0.3, 0.4) is 0 Å².